The minimum absolute atomic E-state index is 0.0749. The summed E-state index contributed by atoms with van der Waals surface area (Å²) in [4.78, 5) is 11.6. The van der Waals surface area contributed by atoms with E-state index in [1.165, 1.54) is 31.2 Å². The maximum Gasteiger partial charge on any atom is 0.159 e. The summed E-state index contributed by atoms with van der Waals surface area (Å²) in [6.07, 6.45) is 4.70. The second-order valence-electron chi connectivity index (χ2n) is 7.03. The van der Waals surface area contributed by atoms with Crippen LogP contribution in [0.1, 0.15) is 54.1 Å². The summed E-state index contributed by atoms with van der Waals surface area (Å²) in [5.74, 6) is 0.994. The molecule has 23 heavy (non-hydrogen) atoms. The van der Waals surface area contributed by atoms with E-state index in [1.54, 1.807) is 19.1 Å². The van der Waals surface area contributed by atoms with Gasteiger partial charge in [-0.3, -0.25) is 4.79 Å². The number of fused-ring (bicyclic) bond motifs is 2. The lowest BCUT2D eigenvalue weighted by Gasteiger charge is -2.36. The van der Waals surface area contributed by atoms with Crippen molar-refractivity contribution in [1.29, 1.82) is 0 Å². The van der Waals surface area contributed by atoms with Crippen LogP contribution in [0.25, 0.3) is 0 Å². The lowest BCUT2D eigenvalue weighted by Crippen LogP contribution is -2.34. The average molecular weight is 308 g/mol. The van der Waals surface area contributed by atoms with Gasteiger partial charge in [-0.05, 0) is 61.6 Å². The van der Waals surface area contributed by atoms with Crippen LogP contribution in [0, 0.1) is 17.7 Å². The maximum absolute atomic E-state index is 14.7. The molecule has 0 saturated heterocycles. The van der Waals surface area contributed by atoms with Gasteiger partial charge in [0.05, 0.1) is 0 Å². The van der Waals surface area contributed by atoms with Gasteiger partial charge in [0.1, 0.15) is 5.82 Å². The zero-order valence-electron chi connectivity index (χ0n) is 13.4. The number of hydrogen-bond acceptors (Lipinski definition) is 1. The number of rotatable bonds is 3. The van der Waals surface area contributed by atoms with Gasteiger partial charge in [0, 0.05) is 11.0 Å². The van der Waals surface area contributed by atoms with Gasteiger partial charge in [-0.2, -0.15) is 0 Å². The first-order chi connectivity index (χ1) is 11.1. The summed E-state index contributed by atoms with van der Waals surface area (Å²) in [7, 11) is 0. The Labute approximate surface area is 136 Å². The Hall–Kier alpha value is -1.96. The standard InChI is InChI=1S/C21H21FO/c1-14(23)15-6-8-16(9-7-15)21(17-10-11-18(21)13-12-17)19-4-2-3-5-20(19)22/h2-9,17-18H,10-13H2,1H3. The largest absolute Gasteiger partial charge is 0.295 e. The minimum atomic E-state index is -0.208. The van der Waals surface area contributed by atoms with Crippen molar-refractivity contribution in [3.63, 3.8) is 0 Å². The average Bonchev–Trinajstić information content (AvgIpc) is 3.11. The Balaban J connectivity index is 1.91. The van der Waals surface area contributed by atoms with Gasteiger partial charge >= 0.3 is 0 Å². The molecule has 2 bridgehead atoms. The summed E-state index contributed by atoms with van der Waals surface area (Å²) in [5, 5.41) is 0. The number of Topliss-reactive ketones (excluding diaryl/α,β-unsaturated/α-hetero) is 1. The van der Waals surface area contributed by atoms with Crippen LogP contribution < -0.4 is 0 Å². The molecule has 2 aliphatic rings. The molecule has 0 amide bonds. The minimum Gasteiger partial charge on any atom is -0.295 e. The molecule has 0 radical (unpaired) electrons. The van der Waals surface area contributed by atoms with E-state index in [1.807, 2.05) is 24.3 Å². The molecule has 2 aliphatic carbocycles. The predicted octanol–water partition coefficient (Wildman–Crippen LogP) is 5.13. The first-order valence-electron chi connectivity index (χ1n) is 8.50. The molecular formula is C21H21FO. The van der Waals surface area contributed by atoms with Gasteiger partial charge in [0.25, 0.3) is 0 Å². The van der Waals surface area contributed by atoms with Crippen molar-refractivity contribution in [3.8, 4) is 0 Å². The van der Waals surface area contributed by atoms with Crippen LogP contribution in [0.2, 0.25) is 0 Å². The normalized spacial score (nSPS) is 29.0. The number of carbonyl (C=O) groups is 1. The highest BCUT2D eigenvalue weighted by atomic mass is 19.1. The third kappa shape index (κ3) is 2.00. The lowest BCUT2D eigenvalue weighted by molar-refractivity contribution is 0.101. The van der Waals surface area contributed by atoms with Gasteiger partial charge in [0.15, 0.2) is 5.78 Å². The van der Waals surface area contributed by atoms with Crippen molar-refractivity contribution in [1.82, 2.24) is 0 Å². The zero-order valence-corrected chi connectivity index (χ0v) is 13.4. The van der Waals surface area contributed by atoms with Crippen LogP contribution in [0.3, 0.4) is 0 Å². The molecule has 2 aromatic carbocycles. The maximum atomic E-state index is 14.7. The number of ketones is 1. The molecule has 2 saturated carbocycles. The van der Waals surface area contributed by atoms with Gasteiger partial charge in [-0.15, -0.1) is 0 Å². The SMILES string of the molecule is CC(=O)c1ccc(C2(c3ccccc3F)C3CCC2CC3)cc1. The molecule has 0 spiro atoms. The van der Waals surface area contributed by atoms with Gasteiger partial charge in [-0.25, -0.2) is 4.39 Å². The van der Waals surface area contributed by atoms with Gasteiger partial charge in [-0.1, -0.05) is 42.5 Å². The van der Waals surface area contributed by atoms with E-state index in [0.29, 0.717) is 11.8 Å². The second-order valence-corrected chi connectivity index (χ2v) is 7.03. The molecule has 1 nitrogen and oxygen atoms in total. The predicted molar refractivity (Wildman–Crippen MR) is 89.1 cm³/mol. The van der Waals surface area contributed by atoms with Crippen LogP contribution in [-0.4, -0.2) is 5.78 Å². The van der Waals surface area contributed by atoms with Crippen LogP contribution >= 0.6 is 0 Å². The molecule has 2 aromatic rings. The van der Waals surface area contributed by atoms with E-state index in [2.05, 4.69) is 12.1 Å². The summed E-state index contributed by atoms with van der Waals surface area (Å²) >= 11 is 0. The van der Waals surface area contributed by atoms with E-state index < -0.39 is 0 Å². The number of carbonyl (C=O) groups excluding carboxylic acids is 1. The Kier molecular flexibility index (Phi) is 3.37. The Bertz CT molecular complexity index is 727. The van der Waals surface area contributed by atoms with Gasteiger partial charge in [0.2, 0.25) is 0 Å². The fourth-order valence-electron chi connectivity index (χ4n) is 5.18. The first-order valence-corrected chi connectivity index (χ1v) is 8.50. The molecule has 0 atom stereocenters. The van der Waals surface area contributed by atoms with Crippen LogP contribution in [-0.2, 0) is 5.41 Å². The van der Waals surface area contributed by atoms with Crippen LogP contribution in [0.5, 0.6) is 0 Å². The second kappa shape index (κ2) is 5.30. The van der Waals surface area contributed by atoms with Crippen LogP contribution in [0.15, 0.2) is 48.5 Å². The van der Waals surface area contributed by atoms with E-state index in [9.17, 15) is 9.18 Å². The molecule has 0 aromatic heterocycles. The summed E-state index contributed by atoms with van der Waals surface area (Å²) in [6.45, 7) is 1.58. The quantitative estimate of drug-likeness (QED) is 0.718. The topological polar surface area (TPSA) is 17.1 Å². The van der Waals surface area contributed by atoms with Crippen molar-refractivity contribution in [2.24, 2.45) is 11.8 Å². The fourth-order valence-corrected chi connectivity index (χ4v) is 5.18. The first kappa shape index (κ1) is 14.6. The summed E-state index contributed by atoms with van der Waals surface area (Å²) in [5.41, 5.74) is 2.54. The fraction of sp³-hybridized carbons (Fsp3) is 0.381. The van der Waals surface area contributed by atoms with E-state index in [0.717, 1.165) is 11.1 Å². The Morgan fingerprint density at radius 3 is 2.04 bits per heavy atom. The highest BCUT2D eigenvalue weighted by Crippen LogP contribution is 2.62. The number of hydrogen-bond donors (Lipinski definition) is 0. The van der Waals surface area contributed by atoms with Crippen molar-refractivity contribution in [2.75, 3.05) is 0 Å². The highest BCUT2D eigenvalue weighted by molar-refractivity contribution is 5.94. The molecule has 4 rings (SSSR count). The summed E-state index contributed by atoms with van der Waals surface area (Å²) in [6, 6.07) is 15.2. The lowest BCUT2D eigenvalue weighted by atomic mass is 9.66. The smallest absolute Gasteiger partial charge is 0.159 e. The Morgan fingerprint density at radius 2 is 1.52 bits per heavy atom. The van der Waals surface area contributed by atoms with Crippen molar-refractivity contribution in [2.45, 2.75) is 38.0 Å². The molecule has 2 fully saturated rings. The van der Waals surface area contributed by atoms with Crippen LogP contribution in [0.4, 0.5) is 4.39 Å². The van der Waals surface area contributed by atoms with E-state index in [4.69, 9.17) is 0 Å². The van der Waals surface area contributed by atoms with E-state index >= 15 is 0 Å². The highest BCUT2D eigenvalue weighted by Gasteiger charge is 2.56. The zero-order chi connectivity index (χ0) is 16.0. The van der Waals surface area contributed by atoms with Crippen molar-refractivity contribution < 1.29 is 9.18 Å². The monoisotopic (exact) mass is 308 g/mol. The molecule has 118 valence electrons. The third-order valence-corrected chi connectivity index (χ3v) is 6.10. The number of halogens is 1. The molecule has 0 aliphatic heterocycles. The van der Waals surface area contributed by atoms with Gasteiger partial charge < -0.3 is 0 Å². The third-order valence-electron chi connectivity index (χ3n) is 6.10. The molecule has 2 heteroatoms. The number of benzene rings is 2. The van der Waals surface area contributed by atoms with Crippen molar-refractivity contribution >= 4 is 5.78 Å². The van der Waals surface area contributed by atoms with E-state index in [-0.39, 0.29) is 17.0 Å². The van der Waals surface area contributed by atoms with Crippen molar-refractivity contribution in [3.05, 3.63) is 71.0 Å². The molecule has 0 heterocycles. The Morgan fingerprint density at radius 1 is 0.957 bits per heavy atom. The summed E-state index contributed by atoms with van der Waals surface area (Å²) < 4.78 is 14.7. The molecule has 0 N–H and O–H groups in total. The molecule has 0 unspecified atom stereocenters. The molecular weight excluding hydrogens is 287 g/mol.